The average Bonchev–Trinajstić information content (AvgIpc) is 3.13. The summed E-state index contributed by atoms with van der Waals surface area (Å²) in [5.74, 6) is 0.343. The summed E-state index contributed by atoms with van der Waals surface area (Å²) in [6.45, 7) is 6.06. The second kappa shape index (κ2) is 5.98. The monoisotopic (exact) mass is 322 g/mol. The Hall–Kier alpha value is -1.44. The number of amides is 1. The maximum atomic E-state index is 12.3. The molecular weight excluding hydrogens is 300 g/mol. The number of hydrogen-bond acceptors (Lipinski definition) is 5. The first kappa shape index (κ1) is 15.5. The molecule has 1 fully saturated rings. The van der Waals surface area contributed by atoms with E-state index in [1.165, 1.54) is 11.3 Å². The zero-order valence-electron chi connectivity index (χ0n) is 13.1. The molecule has 0 aliphatic carbocycles. The van der Waals surface area contributed by atoms with Crippen molar-refractivity contribution in [1.29, 1.82) is 0 Å². The van der Waals surface area contributed by atoms with Crippen LogP contribution in [-0.2, 0) is 7.05 Å². The van der Waals surface area contributed by atoms with Crippen molar-refractivity contribution in [3.8, 4) is 0 Å². The van der Waals surface area contributed by atoms with Crippen LogP contribution >= 0.6 is 11.3 Å². The van der Waals surface area contributed by atoms with Gasteiger partial charge in [-0.3, -0.25) is 9.48 Å². The van der Waals surface area contributed by atoms with Crippen molar-refractivity contribution in [3.05, 3.63) is 16.6 Å². The zero-order valence-corrected chi connectivity index (χ0v) is 13.9. The topological polar surface area (TPSA) is 79.2 Å². The Kier molecular flexibility index (Phi) is 4.20. The molecule has 3 rings (SSSR count). The van der Waals surface area contributed by atoms with Crippen LogP contribution in [0.2, 0.25) is 0 Å². The van der Waals surface area contributed by atoms with Gasteiger partial charge in [0.2, 0.25) is 0 Å². The number of nitrogens with zero attached hydrogens (tertiary/aromatic N) is 2. The summed E-state index contributed by atoms with van der Waals surface area (Å²) in [4.78, 5) is 14.1. The Bertz CT molecular complexity index is 691. The maximum Gasteiger partial charge on any atom is 0.261 e. The fraction of sp³-hybridized carbons (Fsp3) is 0.600. The van der Waals surface area contributed by atoms with Crippen LogP contribution in [0.15, 0.2) is 6.07 Å². The van der Waals surface area contributed by atoms with Gasteiger partial charge in [-0.05, 0) is 12.0 Å². The molecule has 6 nitrogen and oxygen atoms in total. The van der Waals surface area contributed by atoms with Gasteiger partial charge in [-0.25, -0.2) is 0 Å². The summed E-state index contributed by atoms with van der Waals surface area (Å²) in [5.41, 5.74) is 1.03. The van der Waals surface area contributed by atoms with Crippen LogP contribution in [0.4, 0.5) is 0 Å². The van der Waals surface area contributed by atoms with Crippen molar-refractivity contribution in [1.82, 2.24) is 20.4 Å². The van der Waals surface area contributed by atoms with E-state index < -0.39 is 0 Å². The molecule has 2 aromatic rings. The summed E-state index contributed by atoms with van der Waals surface area (Å²) in [7, 11) is 1.91. The van der Waals surface area contributed by atoms with Crippen molar-refractivity contribution >= 4 is 27.5 Å². The Morgan fingerprint density at radius 1 is 1.59 bits per heavy atom. The first-order chi connectivity index (χ1) is 10.5. The van der Waals surface area contributed by atoms with E-state index in [0.29, 0.717) is 23.9 Å². The van der Waals surface area contributed by atoms with Gasteiger partial charge in [0.15, 0.2) is 0 Å². The lowest BCUT2D eigenvalue weighted by Gasteiger charge is -2.13. The lowest BCUT2D eigenvalue weighted by Crippen LogP contribution is -2.34. The Morgan fingerprint density at radius 3 is 3.00 bits per heavy atom. The van der Waals surface area contributed by atoms with E-state index in [1.807, 2.05) is 17.8 Å². The second-order valence-electron chi connectivity index (χ2n) is 6.19. The van der Waals surface area contributed by atoms with Gasteiger partial charge in [-0.1, -0.05) is 13.8 Å². The van der Waals surface area contributed by atoms with E-state index in [0.717, 1.165) is 22.5 Å². The molecule has 0 saturated carbocycles. The van der Waals surface area contributed by atoms with Crippen LogP contribution in [0.1, 0.15) is 35.1 Å². The number of rotatable bonds is 4. The minimum atomic E-state index is -0.376. The number of thiophene rings is 1. The summed E-state index contributed by atoms with van der Waals surface area (Å²) in [5, 5.41) is 21.4. The molecule has 22 heavy (non-hydrogen) atoms. The highest BCUT2D eigenvalue weighted by molar-refractivity contribution is 7.20. The summed E-state index contributed by atoms with van der Waals surface area (Å²) >= 11 is 1.46. The quantitative estimate of drug-likeness (QED) is 0.787. The molecule has 2 aromatic heterocycles. The normalized spacial score (nSPS) is 21.9. The maximum absolute atomic E-state index is 12.3. The van der Waals surface area contributed by atoms with E-state index in [4.69, 9.17) is 0 Å². The molecular formula is C15H22N4O2S. The zero-order chi connectivity index (χ0) is 15.9. The third kappa shape index (κ3) is 2.76. The molecule has 2 unspecified atom stereocenters. The number of carbonyl (C=O) groups excluding carboxylic acids is 1. The van der Waals surface area contributed by atoms with Crippen LogP contribution in [0.3, 0.4) is 0 Å². The minimum Gasteiger partial charge on any atom is -0.391 e. The smallest absolute Gasteiger partial charge is 0.261 e. The third-order valence-corrected chi connectivity index (χ3v) is 5.34. The highest BCUT2D eigenvalue weighted by Gasteiger charge is 2.25. The Balaban J connectivity index is 1.75. The third-order valence-electron chi connectivity index (χ3n) is 4.14. The summed E-state index contributed by atoms with van der Waals surface area (Å²) in [6.07, 6.45) is -0.376. The van der Waals surface area contributed by atoms with Crippen molar-refractivity contribution in [2.45, 2.75) is 25.9 Å². The number of hydrogen-bond donors (Lipinski definition) is 3. The number of fused-ring (bicyclic) bond motifs is 1. The van der Waals surface area contributed by atoms with E-state index >= 15 is 0 Å². The van der Waals surface area contributed by atoms with Crippen LogP contribution in [0, 0.1) is 5.92 Å². The number of carbonyl (C=O) groups is 1. The fourth-order valence-electron chi connectivity index (χ4n) is 2.84. The molecule has 0 aromatic carbocycles. The standard InChI is InChI=1S/C15H22N4O2S/c1-8(2)13-10-4-12(22-15(10)19(3)18-13)14(21)17-6-9-5-16-7-11(9)20/h4,8-9,11,16,20H,5-7H2,1-3H3,(H,17,21). The number of β-amino-alcohol motifs (C(OH)–C–C–N with tert-alkyl or cyclic N) is 1. The van der Waals surface area contributed by atoms with Crippen LogP contribution in [0.25, 0.3) is 10.2 Å². The minimum absolute atomic E-state index is 0.0741. The average molecular weight is 322 g/mol. The van der Waals surface area contributed by atoms with Gasteiger partial charge in [-0.2, -0.15) is 5.10 Å². The summed E-state index contributed by atoms with van der Waals surface area (Å²) in [6, 6.07) is 1.93. The van der Waals surface area contributed by atoms with Crippen LogP contribution < -0.4 is 10.6 Å². The van der Waals surface area contributed by atoms with E-state index in [1.54, 1.807) is 0 Å². The number of aliphatic hydroxyl groups excluding tert-OH is 1. The number of aryl methyl sites for hydroxylation is 1. The lowest BCUT2D eigenvalue weighted by atomic mass is 10.1. The van der Waals surface area contributed by atoms with E-state index in [9.17, 15) is 9.90 Å². The second-order valence-corrected chi connectivity index (χ2v) is 7.22. The SMILES string of the molecule is CC(C)c1nn(C)c2sc(C(=O)NCC3CNCC3O)cc12. The Morgan fingerprint density at radius 2 is 2.36 bits per heavy atom. The lowest BCUT2D eigenvalue weighted by molar-refractivity contribution is 0.0931. The molecule has 3 heterocycles. The van der Waals surface area contributed by atoms with E-state index in [2.05, 4.69) is 29.6 Å². The van der Waals surface area contributed by atoms with Gasteiger partial charge >= 0.3 is 0 Å². The molecule has 7 heteroatoms. The molecule has 3 N–H and O–H groups in total. The van der Waals surface area contributed by atoms with Crippen molar-refractivity contribution < 1.29 is 9.90 Å². The Labute approximate surface area is 133 Å². The van der Waals surface area contributed by atoms with Gasteiger partial charge in [0, 0.05) is 38.0 Å². The van der Waals surface area contributed by atoms with Crippen LogP contribution in [-0.4, -0.2) is 46.5 Å². The first-order valence-corrected chi connectivity index (χ1v) is 8.42. The molecule has 1 aliphatic rings. The van der Waals surface area contributed by atoms with E-state index in [-0.39, 0.29) is 17.9 Å². The van der Waals surface area contributed by atoms with Gasteiger partial charge in [0.05, 0.1) is 16.7 Å². The van der Waals surface area contributed by atoms with Crippen LogP contribution in [0.5, 0.6) is 0 Å². The van der Waals surface area contributed by atoms with Crippen molar-refractivity contribution in [2.24, 2.45) is 13.0 Å². The molecule has 0 radical (unpaired) electrons. The molecule has 1 aliphatic heterocycles. The highest BCUT2D eigenvalue weighted by Crippen LogP contribution is 2.31. The predicted octanol–water partition coefficient (Wildman–Crippen LogP) is 1.07. The molecule has 0 spiro atoms. The molecule has 1 amide bonds. The first-order valence-electron chi connectivity index (χ1n) is 7.60. The largest absolute Gasteiger partial charge is 0.391 e. The van der Waals surface area contributed by atoms with Gasteiger partial charge in [-0.15, -0.1) is 11.3 Å². The number of nitrogens with one attached hydrogen (secondary N) is 2. The van der Waals surface area contributed by atoms with Gasteiger partial charge in [0.25, 0.3) is 5.91 Å². The van der Waals surface area contributed by atoms with Gasteiger partial charge < -0.3 is 15.7 Å². The molecule has 120 valence electrons. The highest BCUT2D eigenvalue weighted by atomic mass is 32.1. The fourth-order valence-corrected chi connectivity index (χ4v) is 3.84. The van der Waals surface area contributed by atoms with Crippen molar-refractivity contribution in [2.75, 3.05) is 19.6 Å². The summed E-state index contributed by atoms with van der Waals surface area (Å²) < 4.78 is 1.84. The number of aromatic nitrogens is 2. The number of aliphatic hydroxyl groups is 1. The van der Waals surface area contributed by atoms with Crippen molar-refractivity contribution in [3.63, 3.8) is 0 Å². The molecule has 1 saturated heterocycles. The van der Waals surface area contributed by atoms with Gasteiger partial charge in [0.1, 0.15) is 4.83 Å². The molecule has 2 atom stereocenters. The predicted molar refractivity (Wildman–Crippen MR) is 87.4 cm³/mol. The molecule has 0 bridgehead atoms.